The molecule has 2 nitrogen and oxygen atoms in total. The van der Waals surface area contributed by atoms with Gasteiger partial charge in [-0.05, 0) is 40.0 Å². The monoisotopic (exact) mass is 184 g/mol. The molecule has 1 fully saturated rings. The molecule has 0 aromatic heterocycles. The van der Waals surface area contributed by atoms with Crippen LogP contribution >= 0.6 is 0 Å². The highest BCUT2D eigenvalue weighted by atomic mass is 16.7. The molecule has 0 spiro atoms. The first-order valence-electron chi connectivity index (χ1n) is 5.07. The van der Waals surface area contributed by atoms with Crippen molar-refractivity contribution in [3.8, 4) is 0 Å². The number of unbranched alkanes of at least 4 members (excludes halogenated alkanes) is 1. The normalized spacial score (nSPS) is 27.2. The van der Waals surface area contributed by atoms with E-state index in [-0.39, 0.29) is 5.79 Å². The molecule has 1 rings (SSSR count). The van der Waals surface area contributed by atoms with Crippen LogP contribution in [0.2, 0.25) is 0 Å². The number of ether oxygens (including phenoxy) is 2. The second kappa shape index (κ2) is 4.77. The van der Waals surface area contributed by atoms with Crippen molar-refractivity contribution in [1.82, 2.24) is 0 Å². The quantitative estimate of drug-likeness (QED) is 0.494. The molecule has 1 heterocycles. The zero-order chi connectivity index (χ0) is 9.73. The molecular weight excluding hydrogens is 164 g/mol. The van der Waals surface area contributed by atoms with Gasteiger partial charge in [0.15, 0.2) is 5.79 Å². The molecule has 1 saturated heterocycles. The Morgan fingerprint density at radius 2 is 2.23 bits per heavy atom. The van der Waals surface area contributed by atoms with E-state index in [0.29, 0.717) is 6.10 Å². The number of allylic oxidation sites excluding steroid dienone is 2. The molecule has 0 amide bonds. The zero-order valence-electron chi connectivity index (χ0n) is 8.88. The van der Waals surface area contributed by atoms with Gasteiger partial charge < -0.3 is 9.47 Å². The Bertz CT molecular complexity index is 173. The summed E-state index contributed by atoms with van der Waals surface area (Å²) in [6, 6.07) is 0. The van der Waals surface area contributed by atoms with Crippen LogP contribution in [0.25, 0.3) is 0 Å². The Labute approximate surface area is 80.9 Å². The van der Waals surface area contributed by atoms with Crippen LogP contribution in [0.4, 0.5) is 0 Å². The van der Waals surface area contributed by atoms with Gasteiger partial charge in [-0.3, -0.25) is 0 Å². The maximum Gasteiger partial charge on any atom is 0.163 e. The van der Waals surface area contributed by atoms with Crippen LogP contribution in [0.1, 0.15) is 40.0 Å². The minimum atomic E-state index is -0.356. The summed E-state index contributed by atoms with van der Waals surface area (Å²) < 4.78 is 11.2. The van der Waals surface area contributed by atoms with E-state index < -0.39 is 0 Å². The van der Waals surface area contributed by atoms with Gasteiger partial charge in [0.25, 0.3) is 0 Å². The topological polar surface area (TPSA) is 18.5 Å². The summed E-state index contributed by atoms with van der Waals surface area (Å²) in [7, 11) is 0. The molecule has 0 radical (unpaired) electrons. The summed E-state index contributed by atoms with van der Waals surface area (Å²) in [5, 5.41) is 0. The minimum absolute atomic E-state index is 0.306. The Morgan fingerprint density at radius 1 is 1.46 bits per heavy atom. The lowest BCUT2D eigenvalue weighted by molar-refractivity contribution is -0.139. The molecule has 0 aromatic rings. The van der Waals surface area contributed by atoms with E-state index in [1.54, 1.807) is 0 Å². The molecule has 1 aliphatic rings. The van der Waals surface area contributed by atoms with Crippen LogP contribution in [0.5, 0.6) is 0 Å². The van der Waals surface area contributed by atoms with E-state index >= 15 is 0 Å². The average molecular weight is 184 g/mol. The summed E-state index contributed by atoms with van der Waals surface area (Å²) in [5.74, 6) is -0.356. The molecule has 0 aromatic carbocycles. The first kappa shape index (κ1) is 10.7. The molecule has 1 unspecified atom stereocenters. The smallest absolute Gasteiger partial charge is 0.163 e. The van der Waals surface area contributed by atoms with Crippen LogP contribution in [0, 0.1) is 0 Å². The molecular formula is C11H20O2. The minimum Gasteiger partial charge on any atom is -0.348 e. The van der Waals surface area contributed by atoms with E-state index in [9.17, 15) is 0 Å². The van der Waals surface area contributed by atoms with Gasteiger partial charge in [0, 0.05) is 0 Å². The second-order valence-corrected chi connectivity index (χ2v) is 3.95. The summed E-state index contributed by atoms with van der Waals surface area (Å²) in [6.07, 6.45) is 8.04. The van der Waals surface area contributed by atoms with Gasteiger partial charge in [-0.2, -0.15) is 0 Å². The first-order chi connectivity index (χ1) is 6.14. The van der Waals surface area contributed by atoms with Gasteiger partial charge >= 0.3 is 0 Å². The maximum absolute atomic E-state index is 5.68. The molecule has 1 aliphatic heterocycles. The lowest BCUT2D eigenvalue weighted by Gasteiger charge is -2.16. The maximum atomic E-state index is 5.68. The molecule has 13 heavy (non-hydrogen) atoms. The predicted octanol–water partition coefficient (Wildman–Crippen LogP) is 2.88. The SMILES string of the molecule is C/C=C/CCCC1COC(C)(C)O1. The van der Waals surface area contributed by atoms with Crippen molar-refractivity contribution in [2.75, 3.05) is 6.61 Å². The first-order valence-corrected chi connectivity index (χ1v) is 5.07. The number of hydrogen-bond acceptors (Lipinski definition) is 2. The zero-order valence-corrected chi connectivity index (χ0v) is 8.88. The third-order valence-corrected chi connectivity index (χ3v) is 2.20. The lowest BCUT2D eigenvalue weighted by atomic mass is 10.1. The largest absolute Gasteiger partial charge is 0.348 e. The van der Waals surface area contributed by atoms with Crippen molar-refractivity contribution >= 4 is 0 Å². The van der Waals surface area contributed by atoms with Gasteiger partial charge in [0.2, 0.25) is 0 Å². The molecule has 76 valence electrons. The van der Waals surface area contributed by atoms with E-state index in [0.717, 1.165) is 19.4 Å². The lowest BCUT2D eigenvalue weighted by Crippen LogP contribution is -2.21. The van der Waals surface area contributed by atoms with Crippen LogP contribution in [0.15, 0.2) is 12.2 Å². The van der Waals surface area contributed by atoms with E-state index in [1.165, 1.54) is 6.42 Å². The molecule has 0 saturated carbocycles. The van der Waals surface area contributed by atoms with Crippen molar-refractivity contribution < 1.29 is 9.47 Å². The van der Waals surface area contributed by atoms with Crippen molar-refractivity contribution in [2.45, 2.75) is 51.9 Å². The van der Waals surface area contributed by atoms with Crippen LogP contribution in [-0.2, 0) is 9.47 Å². The van der Waals surface area contributed by atoms with Crippen LogP contribution < -0.4 is 0 Å². The highest BCUT2D eigenvalue weighted by Gasteiger charge is 2.31. The summed E-state index contributed by atoms with van der Waals surface area (Å²) in [6.45, 7) is 6.75. The van der Waals surface area contributed by atoms with Gasteiger partial charge in [-0.25, -0.2) is 0 Å². The summed E-state index contributed by atoms with van der Waals surface area (Å²) in [4.78, 5) is 0. The van der Waals surface area contributed by atoms with Crippen molar-refractivity contribution in [3.05, 3.63) is 12.2 Å². The standard InChI is InChI=1S/C11H20O2/c1-4-5-6-7-8-10-9-12-11(2,3)13-10/h4-5,10H,6-9H2,1-3H3/b5-4+. The Balaban J connectivity index is 2.10. The molecule has 0 N–H and O–H groups in total. The molecule has 0 bridgehead atoms. The fourth-order valence-corrected chi connectivity index (χ4v) is 1.54. The third kappa shape index (κ3) is 3.92. The van der Waals surface area contributed by atoms with Gasteiger partial charge in [-0.15, -0.1) is 0 Å². The summed E-state index contributed by atoms with van der Waals surface area (Å²) in [5.41, 5.74) is 0. The van der Waals surface area contributed by atoms with Crippen LogP contribution in [0.3, 0.4) is 0 Å². The molecule has 1 atom stereocenters. The third-order valence-electron chi connectivity index (χ3n) is 2.20. The van der Waals surface area contributed by atoms with E-state index in [1.807, 2.05) is 13.8 Å². The fraction of sp³-hybridized carbons (Fsp3) is 0.818. The fourth-order valence-electron chi connectivity index (χ4n) is 1.54. The molecule has 0 aliphatic carbocycles. The van der Waals surface area contributed by atoms with Crippen LogP contribution in [-0.4, -0.2) is 18.5 Å². The van der Waals surface area contributed by atoms with Gasteiger partial charge in [0.05, 0.1) is 12.7 Å². The van der Waals surface area contributed by atoms with Crippen molar-refractivity contribution in [3.63, 3.8) is 0 Å². The average Bonchev–Trinajstić information content (AvgIpc) is 2.40. The van der Waals surface area contributed by atoms with Gasteiger partial charge in [-0.1, -0.05) is 12.2 Å². The number of rotatable bonds is 4. The Kier molecular flexibility index (Phi) is 3.94. The van der Waals surface area contributed by atoms with Crippen molar-refractivity contribution in [1.29, 1.82) is 0 Å². The van der Waals surface area contributed by atoms with E-state index in [4.69, 9.17) is 9.47 Å². The number of hydrogen-bond donors (Lipinski definition) is 0. The highest BCUT2D eigenvalue weighted by molar-refractivity contribution is 4.78. The van der Waals surface area contributed by atoms with Crippen molar-refractivity contribution in [2.24, 2.45) is 0 Å². The summed E-state index contributed by atoms with van der Waals surface area (Å²) >= 11 is 0. The highest BCUT2D eigenvalue weighted by Crippen LogP contribution is 2.24. The molecule has 2 heteroatoms. The second-order valence-electron chi connectivity index (χ2n) is 3.95. The predicted molar refractivity (Wildman–Crippen MR) is 53.6 cm³/mol. The Morgan fingerprint density at radius 3 is 2.77 bits per heavy atom. The van der Waals surface area contributed by atoms with Gasteiger partial charge in [0.1, 0.15) is 0 Å². The Hall–Kier alpha value is -0.340. The van der Waals surface area contributed by atoms with E-state index in [2.05, 4.69) is 19.1 Å².